The van der Waals surface area contributed by atoms with Gasteiger partial charge in [0.25, 0.3) is 5.69 Å². The van der Waals surface area contributed by atoms with Gasteiger partial charge >= 0.3 is 0 Å². The van der Waals surface area contributed by atoms with Crippen molar-refractivity contribution < 1.29 is 9.66 Å². The lowest BCUT2D eigenvalue weighted by Crippen LogP contribution is -2.23. The molecule has 6 nitrogen and oxygen atoms in total. The van der Waals surface area contributed by atoms with E-state index in [1.807, 2.05) is 0 Å². The number of ether oxygens (including phenoxy) is 1. The Kier molecular flexibility index (Phi) is 5.32. The fourth-order valence-electron chi connectivity index (χ4n) is 1.76. The van der Waals surface area contributed by atoms with E-state index in [9.17, 15) is 10.1 Å². The minimum absolute atomic E-state index is 0.00357. The summed E-state index contributed by atoms with van der Waals surface area (Å²) in [5, 5.41) is 22.6. The summed E-state index contributed by atoms with van der Waals surface area (Å²) in [6, 6.07) is 6.60. The molecule has 0 aliphatic rings. The lowest BCUT2D eigenvalue weighted by molar-refractivity contribution is -0.384. The lowest BCUT2D eigenvalue weighted by Gasteiger charge is -2.25. The predicted molar refractivity (Wildman–Crippen MR) is 76.8 cm³/mol. The Morgan fingerprint density at radius 3 is 2.75 bits per heavy atom. The number of non-ortho nitro benzene ring substituents is 1. The molecule has 0 amide bonds. The number of methoxy groups -OCH3 is 1. The summed E-state index contributed by atoms with van der Waals surface area (Å²) in [6.45, 7) is 4.78. The number of nitrogens with one attached hydrogen (secondary N) is 1. The van der Waals surface area contributed by atoms with Gasteiger partial charge in [-0.3, -0.25) is 10.1 Å². The third-order valence-electron chi connectivity index (χ3n) is 3.07. The van der Waals surface area contributed by atoms with Crippen molar-refractivity contribution in [3.8, 4) is 11.8 Å². The van der Waals surface area contributed by atoms with Gasteiger partial charge in [0.15, 0.2) is 0 Å². The van der Waals surface area contributed by atoms with Crippen LogP contribution in [0.3, 0.4) is 0 Å². The highest BCUT2D eigenvalue weighted by Gasteiger charge is 2.18. The van der Waals surface area contributed by atoms with Gasteiger partial charge in [0, 0.05) is 19.0 Å². The maximum absolute atomic E-state index is 10.7. The van der Waals surface area contributed by atoms with Crippen LogP contribution in [0.4, 0.5) is 11.4 Å². The molecule has 0 fully saturated rings. The van der Waals surface area contributed by atoms with Crippen LogP contribution in [0.15, 0.2) is 18.2 Å². The standard InChI is InChI=1S/C14H19N3O3/c1-14(2,7-4-8-15)10-16-12-6-5-11(17(18)19)9-13(12)20-3/h5-6,9,16H,4,7,10H2,1-3H3. The quantitative estimate of drug-likeness (QED) is 0.610. The fraction of sp³-hybridized carbons (Fsp3) is 0.500. The summed E-state index contributed by atoms with van der Waals surface area (Å²) in [7, 11) is 1.48. The average Bonchev–Trinajstić information content (AvgIpc) is 2.42. The maximum Gasteiger partial charge on any atom is 0.273 e. The Labute approximate surface area is 118 Å². The van der Waals surface area contributed by atoms with Crippen LogP contribution in [0.2, 0.25) is 0 Å². The first-order valence-corrected chi connectivity index (χ1v) is 6.33. The summed E-state index contributed by atoms with van der Waals surface area (Å²) < 4.78 is 5.16. The van der Waals surface area contributed by atoms with Crippen LogP contribution >= 0.6 is 0 Å². The van der Waals surface area contributed by atoms with Gasteiger partial charge in [-0.25, -0.2) is 0 Å². The summed E-state index contributed by atoms with van der Waals surface area (Å²) in [5.41, 5.74) is 0.668. The molecule has 1 aromatic rings. The zero-order chi connectivity index (χ0) is 15.2. The number of benzene rings is 1. The van der Waals surface area contributed by atoms with E-state index < -0.39 is 4.92 Å². The number of rotatable bonds is 7. The van der Waals surface area contributed by atoms with E-state index in [-0.39, 0.29) is 11.1 Å². The number of hydrogen-bond acceptors (Lipinski definition) is 5. The number of hydrogen-bond donors (Lipinski definition) is 1. The van der Waals surface area contributed by atoms with Crippen molar-refractivity contribution in [1.29, 1.82) is 5.26 Å². The van der Waals surface area contributed by atoms with Crippen molar-refractivity contribution in [2.75, 3.05) is 19.0 Å². The van der Waals surface area contributed by atoms with Gasteiger partial charge in [-0.05, 0) is 17.9 Å². The maximum atomic E-state index is 10.7. The Morgan fingerprint density at radius 2 is 2.20 bits per heavy atom. The van der Waals surface area contributed by atoms with E-state index in [1.54, 1.807) is 6.07 Å². The third kappa shape index (κ3) is 4.43. The highest BCUT2D eigenvalue weighted by atomic mass is 16.6. The van der Waals surface area contributed by atoms with E-state index in [2.05, 4.69) is 25.2 Å². The molecule has 0 saturated heterocycles. The molecule has 0 aromatic heterocycles. The molecule has 1 rings (SSSR count). The summed E-state index contributed by atoms with van der Waals surface area (Å²) >= 11 is 0. The smallest absolute Gasteiger partial charge is 0.273 e. The van der Waals surface area contributed by atoms with Crippen LogP contribution in [-0.2, 0) is 0 Å². The minimum atomic E-state index is -0.455. The SMILES string of the molecule is COc1cc([N+](=O)[O-])ccc1NCC(C)(C)CCC#N. The van der Waals surface area contributed by atoms with Gasteiger partial charge in [0.1, 0.15) is 5.75 Å². The molecule has 0 aliphatic heterocycles. The van der Waals surface area contributed by atoms with Crippen LogP contribution in [0.1, 0.15) is 26.7 Å². The summed E-state index contributed by atoms with van der Waals surface area (Å²) in [4.78, 5) is 10.3. The molecule has 108 valence electrons. The largest absolute Gasteiger partial charge is 0.494 e. The Hall–Kier alpha value is -2.29. The molecular formula is C14H19N3O3. The van der Waals surface area contributed by atoms with E-state index >= 15 is 0 Å². The molecule has 0 spiro atoms. The Bertz CT molecular complexity index is 521. The molecule has 0 radical (unpaired) electrons. The van der Waals surface area contributed by atoms with Crippen molar-refractivity contribution >= 4 is 11.4 Å². The molecule has 0 atom stereocenters. The Balaban J connectivity index is 2.78. The van der Waals surface area contributed by atoms with Crippen molar-refractivity contribution in [3.05, 3.63) is 28.3 Å². The van der Waals surface area contributed by atoms with Gasteiger partial charge in [-0.1, -0.05) is 13.8 Å². The van der Waals surface area contributed by atoms with Crippen LogP contribution in [0, 0.1) is 26.9 Å². The second-order valence-corrected chi connectivity index (χ2v) is 5.32. The summed E-state index contributed by atoms with van der Waals surface area (Å²) in [5.74, 6) is 0.440. The molecule has 0 saturated carbocycles. The van der Waals surface area contributed by atoms with Crippen molar-refractivity contribution in [2.45, 2.75) is 26.7 Å². The highest BCUT2D eigenvalue weighted by Crippen LogP contribution is 2.31. The number of nitrogens with zero attached hydrogens (tertiary/aromatic N) is 2. The van der Waals surface area contributed by atoms with Crippen LogP contribution in [0.25, 0.3) is 0 Å². The van der Waals surface area contributed by atoms with Crippen molar-refractivity contribution in [2.24, 2.45) is 5.41 Å². The number of nitriles is 1. The van der Waals surface area contributed by atoms with Gasteiger partial charge in [0.05, 0.1) is 29.9 Å². The third-order valence-corrected chi connectivity index (χ3v) is 3.07. The van der Waals surface area contributed by atoms with Crippen molar-refractivity contribution in [1.82, 2.24) is 0 Å². The normalized spacial score (nSPS) is 10.7. The van der Waals surface area contributed by atoms with E-state index in [0.717, 1.165) is 6.42 Å². The number of nitro benzene ring substituents is 1. The molecule has 0 bridgehead atoms. The first kappa shape index (κ1) is 15.8. The first-order chi connectivity index (χ1) is 9.39. The van der Waals surface area contributed by atoms with Gasteiger partial charge in [0.2, 0.25) is 0 Å². The van der Waals surface area contributed by atoms with E-state index in [4.69, 9.17) is 10.00 Å². The minimum Gasteiger partial charge on any atom is -0.494 e. The van der Waals surface area contributed by atoms with Crippen LogP contribution in [-0.4, -0.2) is 18.6 Å². The van der Waals surface area contributed by atoms with Gasteiger partial charge in [-0.2, -0.15) is 5.26 Å². The zero-order valence-electron chi connectivity index (χ0n) is 12.0. The van der Waals surface area contributed by atoms with E-state index in [0.29, 0.717) is 24.4 Å². The molecule has 0 heterocycles. The summed E-state index contributed by atoms with van der Waals surface area (Å²) in [6.07, 6.45) is 1.29. The zero-order valence-corrected chi connectivity index (χ0v) is 12.0. The molecule has 20 heavy (non-hydrogen) atoms. The fourth-order valence-corrected chi connectivity index (χ4v) is 1.76. The molecule has 1 aromatic carbocycles. The lowest BCUT2D eigenvalue weighted by atomic mass is 9.88. The number of anilines is 1. The second-order valence-electron chi connectivity index (χ2n) is 5.32. The molecule has 6 heteroatoms. The molecule has 1 N–H and O–H groups in total. The average molecular weight is 277 g/mol. The van der Waals surface area contributed by atoms with Gasteiger partial charge < -0.3 is 10.1 Å². The van der Waals surface area contributed by atoms with Crippen LogP contribution in [0.5, 0.6) is 5.75 Å². The van der Waals surface area contributed by atoms with Crippen molar-refractivity contribution in [3.63, 3.8) is 0 Å². The number of nitro groups is 1. The molecular weight excluding hydrogens is 258 g/mol. The highest BCUT2D eigenvalue weighted by molar-refractivity contribution is 5.60. The Morgan fingerprint density at radius 1 is 1.50 bits per heavy atom. The molecule has 0 aliphatic carbocycles. The first-order valence-electron chi connectivity index (χ1n) is 6.33. The monoisotopic (exact) mass is 277 g/mol. The predicted octanol–water partition coefficient (Wildman–Crippen LogP) is 3.35. The van der Waals surface area contributed by atoms with Crippen LogP contribution < -0.4 is 10.1 Å². The molecule has 0 unspecified atom stereocenters. The second kappa shape index (κ2) is 6.75. The topological polar surface area (TPSA) is 88.2 Å². The van der Waals surface area contributed by atoms with E-state index in [1.165, 1.54) is 19.2 Å². The van der Waals surface area contributed by atoms with Gasteiger partial charge in [-0.15, -0.1) is 0 Å².